The standard InChI is InChI=1S/C19H18FN3O4S/c1-3-23-18(15-5-4-10-26-15)21-22-19(23)28-11-16(24)27-12(2)17(25)13-6-8-14(20)9-7-13/h4-10,12H,3,11H2,1-2H3. The molecule has 0 radical (unpaired) electrons. The van der Waals surface area contributed by atoms with Gasteiger partial charge in [-0.25, -0.2) is 4.39 Å². The molecule has 28 heavy (non-hydrogen) atoms. The summed E-state index contributed by atoms with van der Waals surface area (Å²) in [6.45, 7) is 4.01. The first-order valence-corrected chi connectivity index (χ1v) is 9.57. The zero-order chi connectivity index (χ0) is 20.1. The third-order valence-electron chi connectivity index (χ3n) is 3.90. The van der Waals surface area contributed by atoms with Gasteiger partial charge in [-0.05, 0) is 50.2 Å². The highest BCUT2D eigenvalue weighted by atomic mass is 32.2. The van der Waals surface area contributed by atoms with E-state index in [0.29, 0.717) is 23.3 Å². The van der Waals surface area contributed by atoms with Crippen LogP contribution in [0.5, 0.6) is 0 Å². The van der Waals surface area contributed by atoms with E-state index in [1.54, 1.807) is 18.4 Å². The molecule has 3 aromatic rings. The second kappa shape index (κ2) is 8.83. The van der Waals surface area contributed by atoms with Crippen LogP contribution >= 0.6 is 11.8 Å². The Morgan fingerprint density at radius 1 is 1.25 bits per heavy atom. The van der Waals surface area contributed by atoms with Crippen molar-refractivity contribution in [3.05, 3.63) is 54.0 Å². The van der Waals surface area contributed by atoms with Gasteiger partial charge in [0.15, 0.2) is 22.8 Å². The Hall–Kier alpha value is -2.94. The molecule has 0 aliphatic heterocycles. The number of aromatic nitrogens is 3. The van der Waals surface area contributed by atoms with Gasteiger partial charge < -0.3 is 9.15 Å². The zero-order valence-electron chi connectivity index (χ0n) is 15.3. The highest BCUT2D eigenvalue weighted by Crippen LogP contribution is 2.24. The maximum absolute atomic E-state index is 13.0. The number of carbonyl (C=O) groups excluding carboxylic acids is 2. The van der Waals surface area contributed by atoms with Crippen molar-refractivity contribution >= 4 is 23.5 Å². The number of halogens is 1. The number of nitrogens with zero attached hydrogens (tertiary/aromatic N) is 3. The second-order valence-electron chi connectivity index (χ2n) is 5.82. The zero-order valence-corrected chi connectivity index (χ0v) is 16.1. The van der Waals surface area contributed by atoms with Gasteiger partial charge in [0.05, 0.1) is 12.0 Å². The Bertz CT molecular complexity index is 954. The molecule has 0 saturated carbocycles. The maximum atomic E-state index is 13.0. The van der Waals surface area contributed by atoms with Crippen LogP contribution in [0.3, 0.4) is 0 Å². The van der Waals surface area contributed by atoms with E-state index in [0.717, 1.165) is 11.8 Å². The van der Waals surface area contributed by atoms with Crippen LogP contribution in [0.25, 0.3) is 11.6 Å². The van der Waals surface area contributed by atoms with Gasteiger partial charge in [0.1, 0.15) is 5.82 Å². The van der Waals surface area contributed by atoms with Crippen molar-refractivity contribution in [2.45, 2.75) is 31.7 Å². The van der Waals surface area contributed by atoms with E-state index in [2.05, 4.69) is 10.2 Å². The van der Waals surface area contributed by atoms with Gasteiger partial charge in [0, 0.05) is 12.1 Å². The molecule has 2 heterocycles. The number of rotatable bonds is 8. The molecule has 146 valence electrons. The largest absolute Gasteiger partial charge is 0.461 e. The number of thioether (sulfide) groups is 1. The summed E-state index contributed by atoms with van der Waals surface area (Å²) in [4.78, 5) is 24.4. The minimum atomic E-state index is -0.971. The number of furan rings is 1. The van der Waals surface area contributed by atoms with Crippen molar-refractivity contribution in [3.63, 3.8) is 0 Å². The highest BCUT2D eigenvalue weighted by molar-refractivity contribution is 7.99. The first-order valence-electron chi connectivity index (χ1n) is 8.58. The van der Waals surface area contributed by atoms with E-state index >= 15 is 0 Å². The molecule has 2 aromatic heterocycles. The van der Waals surface area contributed by atoms with E-state index in [1.165, 1.54) is 31.2 Å². The number of carbonyl (C=O) groups is 2. The minimum absolute atomic E-state index is 0.0304. The molecule has 0 spiro atoms. The fourth-order valence-electron chi connectivity index (χ4n) is 2.53. The summed E-state index contributed by atoms with van der Waals surface area (Å²) in [6.07, 6.45) is 0.578. The summed E-state index contributed by atoms with van der Waals surface area (Å²) in [5, 5.41) is 8.74. The van der Waals surface area contributed by atoms with Gasteiger partial charge in [-0.1, -0.05) is 11.8 Å². The molecular formula is C19H18FN3O4S. The van der Waals surface area contributed by atoms with Crippen LogP contribution in [0.4, 0.5) is 4.39 Å². The Morgan fingerprint density at radius 2 is 2.00 bits per heavy atom. The molecule has 7 nitrogen and oxygen atoms in total. The van der Waals surface area contributed by atoms with Crippen molar-refractivity contribution in [2.75, 3.05) is 5.75 Å². The van der Waals surface area contributed by atoms with E-state index < -0.39 is 23.7 Å². The van der Waals surface area contributed by atoms with Crippen LogP contribution in [-0.4, -0.2) is 38.4 Å². The predicted molar refractivity (Wildman–Crippen MR) is 100 cm³/mol. The first-order chi connectivity index (χ1) is 13.5. The number of ether oxygens (including phenoxy) is 1. The number of hydrogen-bond acceptors (Lipinski definition) is 7. The predicted octanol–water partition coefficient (Wildman–Crippen LogP) is 3.60. The van der Waals surface area contributed by atoms with E-state index in [4.69, 9.17) is 9.15 Å². The summed E-state index contributed by atoms with van der Waals surface area (Å²) < 4.78 is 25.3. The van der Waals surface area contributed by atoms with Crippen LogP contribution in [0.15, 0.2) is 52.2 Å². The van der Waals surface area contributed by atoms with Crippen LogP contribution in [0.2, 0.25) is 0 Å². The van der Waals surface area contributed by atoms with Crippen molar-refractivity contribution in [1.29, 1.82) is 0 Å². The van der Waals surface area contributed by atoms with Crippen molar-refractivity contribution in [2.24, 2.45) is 0 Å². The van der Waals surface area contributed by atoms with E-state index in [-0.39, 0.29) is 11.3 Å². The lowest BCUT2D eigenvalue weighted by Crippen LogP contribution is -2.25. The summed E-state index contributed by atoms with van der Waals surface area (Å²) in [5.41, 5.74) is 0.281. The van der Waals surface area contributed by atoms with E-state index in [9.17, 15) is 14.0 Å². The molecule has 0 N–H and O–H groups in total. The molecular weight excluding hydrogens is 385 g/mol. The van der Waals surface area contributed by atoms with Crippen LogP contribution in [-0.2, 0) is 16.1 Å². The van der Waals surface area contributed by atoms with Crippen LogP contribution in [0, 0.1) is 5.82 Å². The molecule has 3 rings (SSSR count). The Balaban J connectivity index is 1.58. The third-order valence-corrected chi connectivity index (χ3v) is 4.84. The van der Waals surface area contributed by atoms with Gasteiger partial charge in [-0.2, -0.15) is 0 Å². The average molecular weight is 403 g/mol. The topological polar surface area (TPSA) is 87.2 Å². The molecule has 0 fully saturated rings. The molecule has 0 bridgehead atoms. The number of ketones is 1. The Kier molecular flexibility index (Phi) is 6.25. The average Bonchev–Trinajstić information content (AvgIpc) is 3.35. The molecule has 0 aliphatic rings. The summed E-state index contributed by atoms with van der Waals surface area (Å²) in [6, 6.07) is 8.63. The lowest BCUT2D eigenvalue weighted by atomic mass is 10.1. The number of hydrogen-bond donors (Lipinski definition) is 0. The smallest absolute Gasteiger partial charge is 0.317 e. The van der Waals surface area contributed by atoms with Crippen molar-refractivity contribution in [3.8, 4) is 11.6 Å². The summed E-state index contributed by atoms with van der Waals surface area (Å²) >= 11 is 1.16. The Morgan fingerprint density at radius 3 is 2.64 bits per heavy atom. The number of Topliss-reactive ketones (excluding diaryl/α,β-unsaturated/α-hetero) is 1. The molecule has 0 amide bonds. The summed E-state index contributed by atoms with van der Waals surface area (Å²) in [5.74, 6) is -0.262. The lowest BCUT2D eigenvalue weighted by molar-refractivity contribution is -0.143. The normalized spacial score (nSPS) is 12.0. The van der Waals surface area contributed by atoms with Crippen LogP contribution in [0.1, 0.15) is 24.2 Å². The first kappa shape index (κ1) is 19.8. The van der Waals surface area contributed by atoms with Crippen molar-refractivity contribution < 1.29 is 23.1 Å². The molecule has 1 aromatic carbocycles. The minimum Gasteiger partial charge on any atom is -0.461 e. The van der Waals surface area contributed by atoms with Gasteiger partial charge in [0.25, 0.3) is 0 Å². The molecule has 0 aliphatic carbocycles. The lowest BCUT2D eigenvalue weighted by Gasteiger charge is -2.12. The fraction of sp³-hybridized carbons (Fsp3) is 0.263. The quantitative estimate of drug-likeness (QED) is 0.323. The number of esters is 1. The Labute approximate surface area is 164 Å². The van der Waals surface area contributed by atoms with Gasteiger partial charge in [0.2, 0.25) is 5.78 Å². The van der Waals surface area contributed by atoms with Gasteiger partial charge in [-0.3, -0.25) is 14.2 Å². The monoisotopic (exact) mass is 403 g/mol. The number of benzene rings is 1. The SMILES string of the molecule is CCn1c(SCC(=O)OC(C)C(=O)c2ccc(F)cc2)nnc1-c1ccco1. The fourth-order valence-corrected chi connectivity index (χ4v) is 3.31. The van der Waals surface area contributed by atoms with Gasteiger partial charge in [-0.15, -0.1) is 10.2 Å². The summed E-state index contributed by atoms with van der Waals surface area (Å²) in [7, 11) is 0. The molecule has 1 atom stereocenters. The van der Waals surface area contributed by atoms with Crippen molar-refractivity contribution in [1.82, 2.24) is 14.8 Å². The van der Waals surface area contributed by atoms with E-state index in [1.807, 2.05) is 11.5 Å². The third kappa shape index (κ3) is 4.48. The highest BCUT2D eigenvalue weighted by Gasteiger charge is 2.21. The second-order valence-corrected chi connectivity index (χ2v) is 6.76. The molecule has 9 heteroatoms. The van der Waals surface area contributed by atoms with Gasteiger partial charge >= 0.3 is 5.97 Å². The van der Waals surface area contributed by atoms with Crippen LogP contribution < -0.4 is 0 Å². The molecule has 1 unspecified atom stereocenters. The maximum Gasteiger partial charge on any atom is 0.317 e. The molecule has 0 saturated heterocycles.